The minimum atomic E-state index is -0.498. The van der Waals surface area contributed by atoms with E-state index in [1.54, 1.807) is 23.1 Å². The summed E-state index contributed by atoms with van der Waals surface area (Å²) in [5, 5.41) is 0. The fraction of sp³-hybridized carbons (Fsp3) is 0.600. The molecule has 7 heteroatoms. The fourth-order valence-corrected chi connectivity index (χ4v) is 4.72. The summed E-state index contributed by atoms with van der Waals surface area (Å²) in [7, 11) is 0. The molecule has 0 aromatic heterocycles. The number of nitrogens with one attached hydrogen (secondary N) is 2. The lowest BCUT2D eigenvalue weighted by Gasteiger charge is -2.39. The molecule has 27 heavy (non-hydrogen) atoms. The van der Waals surface area contributed by atoms with E-state index in [1.807, 2.05) is 11.8 Å². The Morgan fingerprint density at radius 1 is 1.30 bits per heavy atom. The van der Waals surface area contributed by atoms with Crippen LogP contribution in [0.15, 0.2) is 24.3 Å². The van der Waals surface area contributed by atoms with Crippen LogP contribution in [0.3, 0.4) is 0 Å². The van der Waals surface area contributed by atoms with E-state index in [0.717, 1.165) is 12.8 Å². The van der Waals surface area contributed by atoms with Crippen molar-refractivity contribution < 1.29 is 14.0 Å². The number of likely N-dealkylation sites (tertiary alicyclic amines) is 2. The van der Waals surface area contributed by atoms with Gasteiger partial charge in [0.1, 0.15) is 5.82 Å². The Morgan fingerprint density at radius 3 is 2.85 bits per heavy atom. The number of halogens is 1. The molecule has 6 nitrogen and oxygen atoms in total. The van der Waals surface area contributed by atoms with Gasteiger partial charge in [-0.3, -0.25) is 20.4 Å². The molecule has 3 aliphatic rings. The highest BCUT2D eigenvalue weighted by molar-refractivity contribution is 5.87. The second kappa shape index (κ2) is 7.20. The quantitative estimate of drug-likeness (QED) is 0.837. The third-order valence-electron chi connectivity index (χ3n) is 6.38. The maximum atomic E-state index is 14.0. The molecule has 3 saturated heterocycles. The molecule has 1 aromatic carbocycles. The van der Waals surface area contributed by atoms with Crippen molar-refractivity contribution in [2.24, 2.45) is 11.3 Å². The van der Waals surface area contributed by atoms with Crippen LogP contribution in [0.2, 0.25) is 0 Å². The third kappa shape index (κ3) is 3.34. The third-order valence-corrected chi connectivity index (χ3v) is 6.38. The van der Waals surface area contributed by atoms with E-state index in [-0.39, 0.29) is 29.6 Å². The lowest BCUT2D eigenvalue weighted by atomic mass is 9.78. The van der Waals surface area contributed by atoms with E-state index in [2.05, 4.69) is 10.9 Å². The molecule has 0 bridgehead atoms. The topological polar surface area (TPSA) is 64.7 Å². The maximum Gasteiger partial charge on any atom is 0.230 e. The standard InChI is InChI=1S/C20H27FN4O2/c1-14-16(11-22-23-14)18(26)25-10-8-20(13-25)7-4-9-24(19(20)27)12-15-5-2-3-6-17(15)21/h2-3,5-6,14,16,22-23H,4,7-13H2,1H3. The minimum Gasteiger partial charge on any atom is -0.341 e. The first kappa shape index (κ1) is 18.4. The number of piperidine rings is 1. The lowest BCUT2D eigenvalue weighted by Crippen LogP contribution is -2.50. The van der Waals surface area contributed by atoms with E-state index < -0.39 is 5.41 Å². The molecule has 1 spiro atoms. The van der Waals surface area contributed by atoms with Crippen molar-refractivity contribution in [1.29, 1.82) is 0 Å². The largest absolute Gasteiger partial charge is 0.341 e. The number of carbonyl (C=O) groups excluding carboxylic acids is 2. The van der Waals surface area contributed by atoms with Gasteiger partial charge in [-0.2, -0.15) is 0 Å². The molecule has 3 unspecified atom stereocenters. The first-order valence-corrected chi connectivity index (χ1v) is 9.80. The molecule has 0 aliphatic carbocycles. The smallest absolute Gasteiger partial charge is 0.230 e. The van der Waals surface area contributed by atoms with Crippen molar-refractivity contribution in [2.75, 3.05) is 26.2 Å². The van der Waals surface area contributed by atoms with Crippen LogP contribution >= 0.6 is 0 Å². The van der Waals surface area contributed by atoms with Crippen LogP contribution in [-0.4, -0.2) is 53.8 Å². The number of hydrogen-bond acceptors (Lipinski definition) is 4. The van der Waals surface area contributed by atoms with Crippen LogP contribution in [0.25, 0.3) is 0 Å². The molecule has 1 aromatic rings. The molecule has 3 heterocycles. The number of rotatable bonds is 3. The Kier molecular flexibility index (Phi) is 4.90. The predicted octanol–water partition coefficient (Wildman–Crippen LogP) is 1.28. The number of benzene rings is 1. The highest BCUT2D eigenvalue weighted by atomic mass is 19.1. The average Bonchev–Trinajstić information content (AvgIpc) is 3.28. The Labute approximate surface area is 159 Å². The minimum absolute atomic E-state index is 0.0722. The molecule has 3 fully saturated rings. The summed E-state index contributed by atoms with van der Waals surface area (Å²) < 4.78 is 14.0. The molecule has 3 aliphatic heterocycles. The van der Waals surface area contributed by atoms with Crippen LogP contribution < -0.4 is 10.9 Å². The molecule has 2 N–H and O–H groups in total. The Bertz CT molecular complexity index is 742. The van der Waals surface area contributed by atoms with Gasteiger partial charge in [0, 0.05) is 44.3 Å². The van der Waals surface area contributed by atoms with Gasteiger partial charge in [-0.1, -0.05) is 18.2 Å². The van der Waals surface area contributed by atoms with Crippen LogP contribution in [0, 0.1) is 17.2 Å². The molecular weight excluding hydrogens is 347 g/mol. The van der Waals surface area contributed by atoms with Crippen LogP contribution in [-0.2, 0) is 16.1 Å². The SMILES string of the molecule is CC1NNCC1C(=O)N1CCC2(CCCN(Cc3ccccc3F)C2=O)C1. The van der Waals surface area contributed by atoms with Crippen molar-refractivity contribution in [1.82, 2.24) is 20.7 Å². The van der Waals surface area contributed by atoms with Gasteiger partial charge in [0.05, 0.1) is 11.3 Å². The van der Waals surface area contributed by atoms with E-state index in [4.69, 9.17) is 0 Å². The van der Waals surface area contributed by atoms with Gasteiger partial charge in [0.2, 0.25) is 11.8 Å². The van der Waals surface area contributed by atoms with E-state index in [1.165, 1.54) is 6.07 Å². The highest BCUT2D eigenvalue weighted by Gasteiger charge is 2.50. The number of hydrazine groups is 1. The summed E-state index contributed by atoms with van der Waals surface area (Å²) in [6.07, 6.45) is 2.40. The summed E-state index contributed by atoms with van der Waals surface area (Å²) >= 11 is 0. The number of hydrogen-bond donors (Lipinski definition) is 2. The second-order valence-corrected chi connectivity index (χ2v) is 8.13. The molecular formula is C20H27FN4O2. The first-order valence-electron chi connectivity index (χ1n) is 9.80. The second-order valence-electron chi connectivity index (χ2n) is 8.13. The predicted molar refractivity (Wildman–Crippen MR) is 98.8 cm³/mol. The van der Waals surface area contributed by atoms with E-state index in [0.29, 0.717) is 44.7 Å². The molecule has 3 atom stereocenters. The Morgan fingerprint density at radius 2 is 2.11 bits per heavy atom. The molecule has 0 radical (unpaired) electrons. The van der Waals surface area contributed by atoms with Gasteiger partial charge in [0.25, 0.3) is 0 Å². The van der Waals surface area contributed by atoms with Crippen molar-refractivity contribution in [3.05, 3.63) is 35.6 Å². The Hall–Kier alpha value is -1.99. The molecule has 4 rings (SSSR count). The van der Waals surface area contributed by atoms with E-state index in [9.17, 15) is 14.0 Å². The fourth-order valence-electron chi connectivity index (χ4n) is 4.72. The summed E-state index contributed by atoms with van der Waals surface area (Å²) in [6, 6.07) is 6.71. The lowest BCUT2D eigenvalue weighted by molar-refractivity contribution is -0.147. The zero-order valence-corrected chi connectivity index (χ0v) is 15.7. The zero-order valence-electron chi connectivity index (χ0n) is 15.7. The zero-order chi connectivity index (χ0) is 19.0. The monoisotopic (exact) mass is 374 g/mol. The van der Waals surface area contributed by atoms with Crippen molar-refractivity contribution >= 4 is 11.8 Å². The van der Waals surface area contributed by atoms with Gasteiger partial charge in [0.15, 0.2) is 0 Å². The van der Waals surface area contributed by atoms with Crippen LogP contribution in [0.1, 0.15) is 31.7 Å². The average molecular weight is 374 g/mol. The highest BCUT2D eigenvalue weighted by Crippen LogP contribution is 2.41. The van der Waals surface area contributed by atoms with Gasteiger partial charge in [-0.05, 0) is 32.3 Å². The van der Waals surface area contributed by atoms with Gasteiger partial charge < -0.3 is 9.80 Å². The number of nitrogens with zero attached hydrogens (tertiary/aromatic N) is 2. The summed E-state index contributed by atoms with van der Waals surface area (Å²) in [5.41, 5.74) is 6.17. The van der Waals surface area contributed by atoms with Gasteiger partial charge >= 0.3 is 0 Å². The molecule has 2 amide bonds. The maximum absolute atomic E-state index is 14.0. The summed E-state index contributed by atoms with van der Waals surface area (Å²) in [4.78, 5) is 29.8. The number of amides is 2. The van der Waals surface area contributed by atoms with Gasteiger partial charge in [-0.15, -0.1) is 0 Å². The normalized spacial score (nSPS) is 31.1. The van der Waals surface area contributed by atoms with Crippen LogP contribution in [0.4, 0.5) is 4.39 Å². The van der Waals surface area contributed by atoms with E-state index >= 15 is 0 Å². The summed E-state index contributed by atoms with van der Waals surface area (Å²) in [5.74, 6) is -0.171. The molecule has 146 valence electrons. The van der Waals surface area contributed by atoms with Crippen molar-refractivity contribution in [2.45, 2.75) is 38.8 Å². The molecule has 0 saturated carbocycles. The first-order chi connectivity index (χ1) is 13.0. The summed E-state index contributed by atoms with van der Waals surface area (Å²) in [6.45, 7) is 4.68. The van der Waals surface area contributed by atoms with Crippen molar-refractivity contribution in [3.63, 3.8) is 0 Å². The van der Waals surface area contributed by atoms with Crippen LogP contribution in [0.5, 0.6) is 0 Å². The van der Waals surface area contributed by atoms with Gasteiger partial charge in [-0.25, -0.2) is 4.39 Å². The van der Waals surface area contributed by atoms with Crippen molar-refractivity contribution in [3.8, 4) is 0 Å². The number of carbonyl (C=O) groups is 2. The Balaban J connectivity index is 1.46.